The normalized spacial score (nSPS) is 14.7. The highest BCUT2D eigenvalue weighted by molar-refractivity contribution is 5.90. The van der Waals surface area contributed by atoms with Gasteiger partial charge in [-0.1, -0.05) is 101 Å². The van der Waals surface area contributed by atoms with Gasteiger partial charge in [0.2, 0.25) is 0 Å². The zero-order chi connectivity index (χ0) is 83.8. The maximum atomic E-state index is 11.9. The predicted octanol–water partition coefficient (Wildman–Crippen LogP) is 21.9. The van der Waals surface area contributed by atoms with Crippen molar-refractivity contribution in [2.24, 2.45) is 0 Å². The number of carbonyl (C=O) groups excluding carboxylic acids is 3. The maximum Gasteiger partial charge on any atom is 0.337 e. The van der Waals surface area contributed by atoms with Crippen LogP contribution < -0.4 is 14.2 Å². The van der Waals surface area contributed by atoms with Crippen LogP contribution in [0.4, 0.5) is 0 Å². The monoisotopic (exact) mass is 1600 g/mol. The largest absolute Gasteiger partial charge is 0.506 e. The van der Waals surface area contributed by atoms with Gasteiger partial charge in [0.1, 0.15) is 29.3 Å². The minimum atomic E-state index is -0.739. The van der Waals surface area contributed by atoms with Crippen LogP contribution in [0.1, 0.15) is 329 Å². The summed E-state index contributed by atoms with van der Waals surface area (Å²) in [5.41, 5.74) is 26.5. The van der Waals surface area contributed by atoms with Crippen molar-refractivity contribution < 1.29 is 67.3 Å². The Labute approximate surface area is 696 Å². The first-order valence-corrected chi connectivity index (χ1v) is 42.9. The number of hydrogen-bond donors (Lipinski definition) is 2. The van der Waals surface area contributed by atoms with Crippen LogP contribution in [0.5, 0.6) is 23.0 Å². The lowest BCUT2D eigenvalue weighted by Gasteiger charge is -2.24. The number of ether oxygens (including phenoxy) is 8. The van der Waals surface area contributed by atoms with Crippen molar-refractivity contribution in [3.05, 3.63) is 232 Å². The molecule has 0 radical (unpaired) electrons. The van der Waals surface area contributed by atoms with Crippen molar-refractivity contribution in [2.75, 3.05) is 55.4 Å². The smallest absolute Gasteiger partial charge is 0.337 e. The fourth-order valence-corrected chi connectivity index (χ4v) is 17.6. The Bertz CT molecular complexity index is 4450. The molecule has 0 atom stereocenters. The average Bonchev–Trinajstić information content (AvgIpc) is 0.815. The summed E-state index contributed by atoms with van der Waals surface area (Å²) in [7, 11) is 6.32. The topological polar surface area (TPSA) is 234 Å². The molecule has 4 heterocycles. The van der Waals surface area contributed by atoms with Gasteiger partial charge in [-0.25, -0.2) is 4.79 Å². The van der Waals surface area contributed by atoms with Crippen molar-refractivity contribution in [2.45, 2.75) is 279 Å². The summed E-state index contributed by atoms with van der Waals surface area (Å²) < 4.78 is 42.7. The summed E-state index contributed by atoms with van der Waals surface area (Å²) in [6, 6.07) is 32.6. The molecular weight excluding hydrogens is 1470 g/mol. The first-order chi connectivity index (χ1) is 56.6. The predicted molar refractivity (Wildman–Crippen MR) is 461 cm³/mol. The molecule has 0 unspecified atom stereocenters. The van der Waals surface area contributed by atoms with Crippen molar-refractivity contribution in [3.63, 3.8) is 0 Å². The van der Waals surface area contributed by atoms with Crippen LogP contribution >= 0.6 is 0 Å². The third kappa shape index (κ3) is 27.6. The van der Waals surface area contributed by atoms with Gasteiger partial charge < -0.3 is 48.1 Å². The van der Waals surface area contributed by atoms with Crippen LogP contribution in [0.15, 0.2) is 97.1 Å². The number of aromatic hydroxyl groups is 1. The van der Waals surface area contributed by atoms with E-state index in [1.807, 2.05) is 75.4 Å². The number of aliphatic carboxylic acids is 1. The summed E-state index contributed by atoms with van der Waals surface area (Å²) in [4.78, 5) is 65.3. The van der Waals surface area contributed by atoms with Crippen molar-refractivity contribution in [1.29, 1.82) is 0 Å². The van der Waals surface area contributed by atoms with E-state index in [0.29, 0.717) is 54.4 Å². The van der Waals surface area contributed by atoms with Gasteiger partial charge in [-0.15, -0.1) is 0 Å². The van der Waals surface area contributed by atoms with Crippen LogP contribution in [-0.4, -0.2) is 110 Å². The van der Waals surface area contributed by atoms with Gasteiger partial charge >= 0.3 is 17.9 Å². The Morgan fingerprint density at radius 1 is 0.410 bits per heavy atom. The number of hydrogen-bond acceptors (Lipinski definition) is 17. The minimum Gasteiger partial charge on any atom is -0.506 e. The van der Waals surface area contributed by atoms with E-state index in [9.17, 15) is 24.3 Å². The summed E-state index contributed by atoms with van der Waals surface area (Å²) in [5, 5.41) is 19.1. The van der Waals surface area contributed by atoms with Crippen LogP contribution in [-0.2, 0) is 71.8 Å². The van der Waals surface area contributed by atoms with Gasteiger partial charge in [-0.2, -0.15) is 0 Å². The summed E-state index contributed by atoms with van der Waals surface area (Å²) >= 11 is 0. The second-order valence-electron chi connectivity index (χ2n) is 32.6. The van der Waals surface area contributed by atoms with E-state index in [2.05, 4.69) is 77.9 Å². The Balaban J connectivity index is 0.000000179. The number of esters is 2. The molecular formula is C99H130N4O14. The highest BCUT2D eigenvalue weighted by Gasteiger charge is 2.27. The second-order valence-corrected chi connectivity index (χ2v) is 32.6. The molecule has 0 bridgehead atoms. The molecule has 4 aliphatic rings. The molecule has 12 rings (SSSR count). The van der Waals surface area contributed by atoms with E-state index in [0.717, 1.165) is 168 Å². The number of methoxy groups -OCH3 is 4. The molecule has 630 valence electrons. The van der Waals surface area contributed by atoms with Crippen LogP contribution in [0.3, 0.4) is 0 Å². The Hall–Kier alpha value is -9.36. The SMILES string of the molecule is CCOC(=O)CCCc1cc(C)c(Cc2ccc(OCOC)c(C3CCCCC3)n2)c(C)c1.COCOc1ccc(Cc2c(C)cc(C(=O)OC)cc2C)nc1C1CCCCC1.COCOc1ccc(Cc2c(C)cc(C=O)cc2C)nc1C1CCCCC1.Cc1cc(CCCC(=O)O)cc(C)c1Cc1ccc(O)c(C2CCCCC2)n1. The van der Waals surface area contributed by atoms with Crippen LogP contribution in [0.25, 0.3) is 0 Å². The van der Waals surface area contributed by atoms with Crippen molar-refractivity contribution in [1.82, 2.24) is 19.9 Å². The molecule has 0 amide bonds. The number of nitrogens with zero attached hydrogens (tertiary/aromatic N) is 4. The minimum absolute atomic E-state index is 0.111. The zero-order valence-electron chi connectivity index (χ0n) is 72.2. The van der Waals surface area contributed by atoms with Gasteiger partial charge in [-0.05, 0) is 290 Å². The first-order valence-electron chi connectivity index (χ1n) is 42.9. The van der Waals surface area contributed by atoms with Gasteiger partial charge in [0.25, 0.3) is 0 Å². The lowest BCUT2D eigenvalue weighted by molar-refractivity contribution is -0.143. The number of carbonyl (C=O) groups is 4. The fraction of sp³-hybridized carbons (Fsp3) is 0.515. The molecule has 4 aromatic carbocycles. The van der Waals surface area contributed by atoms with E-state index in [1.165, 1.54) is 165 Å². The number of benzene rings is 4. The van der Waals surface area contributed by atoms with Gasteiger partial charge in [0.05, 0.1) is 42.1 Å². The number of pyridine rings is 4. The average molecular weight is 1600 g/mol. The van der Waals surface area contributed by atoms with Gasteiger partial charge in [-0.3, -0.25) is 34.3 Å². The molecule has 0 spiro atoms. The Kier molecular flexibility index (Phi) is 37.0. The second kappa shape index (κ2) is 47.3. The Morgan fingerprint density at radius 3 is 1.03 bits per heavy atom. The summed E-state index contributed by atoms with van der Waals surface area (Å²) in [6.07, 6.45) is 32.2. The molecule has 0 saturated heterocycles. The molecule has 4 aliphatic carbocycles. The summed E-state index contributed by atoms with van der Waals surface area (Å²) in [6.45, 7) is 19.8. The molecule has 18 nitrogen and oxygen atoms in total. The van der Waals surface area contributed by atoms with Crippen molar-refractivity contribution >= 4 is 24.2 Å². The van der Waals surface area contributed by atoms with Gasteiger partial charge in [0.15, 0.2) is 20.4 Å². The highest BCUT2D eigenvalue weighted by Crippen LogP contribution is 2.42. The van der Waals surface area contributed by atoms with E-state index < -0.39 is 5.97 Å². The third-order valence-corrected chi connectivity index (χ3v) is 23.7. The van der Waals surface area contributed by atoms with E-state index in [-0.39, 0.29) is 38.7 Å². The van der Waals surface area contributed by atoms with E-state index >= 15 is 0 Å². The molecule has 4 fully saturated rings. The summed E-state index contributed by atoms with van der Waals surface area (Å²) in [5.74, 6) is 3.47. The molecule has 8 aromatic rings. The highest BCUT2D eigenvalue weighted by atomic mass is 16.7. The van der Waals surface area contributed by atoms with E-state index in [4.69, 9.17) is 62.9 Å². The number of carboxylic acids is 1. The lowest BCUT2D eigenvalue weighted by atomic mass is 9.86. The Morgan fingerprint density at radius 2 is 0.718 bits per heavy atom. The number of aldehydes is 1. The molecule has 117 heavy (non-hydrogen) atoms. The van der Waals surface area contributed by atoms with E-state index in [1.54, 1.807) is 27.4 Å². The van der Waals surface area contributed by atoms with Crippen molar-refractivity contribution in [3.8, 4) is 23.0 Å². The molecule has 4 saturated carbocycles. The standard InChI is InChI=1S/C28H39NO4.C24H31NO4.C24H31NO3.C23H29NO3/c1-5-32-27(30)13-9-10-22-16-20(2)25(21(3)17-22)18-24-14-15-26(33-19-31-4)28(29-24)23-11-7-6-8-12-23;1-16-12-19(24(26)28-4)13-17(2)21(16)14-20-10-11-22(29-15-27-3)23(25-20)18-8-6-5-7-9-18;1-16-13-18(7-6-10-23(27)28)14-17(2)21(16)15-20-11-12-22(26)24(25-20)19-8-4-3-5-9-19;1-16-11-18(14-25)12-17(2)21(16)13-20-9-10-22(27-15-26-3)23(24-20)19-7-5-4-6-8-19/h14-17,23H,5-13,18-19H2,1-4H3;10-13,18H,5-9,14-15H2,1-4H3;11-14,19,26H,3-10,15H2,1-2H3,(H,27,28);9-12,14,19H,4-8,13,15H2,1-3H3. The third-order valence-electron chi connectivity index (χ3n) is 23.7. The molecule has 0 aliphatic heterocycles. The zero-order valence-corrected chi connectivity index (χ0v) is 72.2. The number of aromatic nitrogens is 4. The van der Waals surface area contributed by atoms with Crippen LogP contribution in [0, 0.1) is 55.4 Å². The lowest BCUT2D eigenvalue weighted by Crippen LogP contribution is -2.12. The number of rotatable bonds is 32. The van der Waals surface area contributed by atoms with Crippen LogP contribution in [0.2, 0.25) is 0 Å². The quantitative estimate of drug-likeness (QED) is 0.0226. The maximum absolute atomic E-state index is 11.9. The molecule has 18 heteroatoms. The first kappa shape index (κ1) is 91.5. The van der Waals surface area contributed by atoms with Gasteiger partial charge in [0, 0.05) is 112 Å². The fourth-order valence-electron chi connectivity index (χ4n) is 17.6. The number of carboxylic acid groups (broad SMARTS) is 1. The number of aryl methyl sites for hydroxylation is 10. The molecule has 4 aromatic heterocycles. The molecule has 2 N–H and O–H groups in total.